The van der Waals surface area contributed by atoms with Crippen LogP contribution in [0.5, 0.6) is 0 Å². The van der Waals surface area contributed by atoms with E-state index in [0.717, 1.165) is 39.9 Å². The second-order valence-electron chi connectivity index (χ2n) is 6.63. The third kappa shape index (κ3) is 5.45. The average Bonchev–Trinajstić information content (AvgIpc) is 2.70. The fourth-order valence-corrected chi connectivity index (χ4v) is 5.12. The average molecular weight is 401 g/mol. The number of unbranched alkanes of at least 4 members (excludes halogenated alkanes) is 3. The molecule has 2 aromatic rings. The minimum absolute atomic E-state index is 0.0388. The second kappa shape index (κ2) is 10.7. The summed E-state index contributed by atoms with van der Waals surface area (Å²) in [5.74, 6) is 2.34. The SMILES string of the molecule is CCCCCCSCCCNC(=O)N1c2ccccc2Sc2ccccc21. The Morgan fingerprint density at radius 2 is 1.56 bits per heavy atom. The minimum atomic E-state index is -0.0388. The Morgan fingerprint density at radius 3 is 2.22 bits per heavy atom. The number of amides is 2. The number of hydrogen-bond donors (Lipinski definition) is 1. The predicted octanol–water partition coefficient (Wildman–Crippen LogP) is 6.70. The Kier molecular flexibility index (Phi) is 7.96. The van der Waals surface area contributed by atoms with E-state index in [1.807, 2.05) is 53.1 Å². The first-order valence-corrected chi connectivity index (χ1v) is 11.8. The molecule has 1 heterocycles. The molecule has 3 rings (SSSR count). The van der Waals surface area contributed by atoms with Crippen molar-refractivity contribution in [1.29, 1.82) is 0 Å². The van der Waals surface area contributed by atoms with Gasteiger partial charge < -0.3 is 5.32 Å². The van der Waals surface area contributed by atoms with E-state index < -0.39 is 0 Å². The highest BCUT2D eigenvalue weighted by Crippen LogP contribution is 2.47. The van der Waals surface area contributed by atoms with E-state index in [0.29, 0.717) is 0 Å². The first kappa shape index (κ1) is 20.2. The largest absolute Gasteiger partial charge is 0.337 e. The van der Waals surface area contributed by atoms with E-state index in [2.05, 4.69) is 24.4 Å². The summed E-state index contributed by atoms with van der Waals surface area (Å²) in [6, 6.07) is 16.2. The van der Waals surface area contributed by atoms with E-state index in [4.69, 9.17) is 0 Å². The number of benzene rings is 2. The number of para-hydroxylation sites is 2. The van der Waals surface area contributed by atoms with Gasteiger partial charge in [-0.15, -0.1) is 0 Å². The number of hydrogen-bond acceptors (Lipinski definition) is 3. The fraction of sp³-hybridized carbons (Fsp3) is 0.409. The summed E-state index contributed by atoms with van der Waals surface area (Å²) in [5.41, 5.74) is 1.92. The second-order valence-corrected chi connectivity index (χ2v) is 8.94. The quantitative estimate of drug-likeness (QED) is 0.475. The summed E-state index contributed by atoms with van der Waals surface area (Å²) >= 11 is 3.72. The van der Waals surface area contributed by atoms with Crippen LogP contribution in [0.15, 0.2) is 58.3 Å². The number of fused-ring (bicyclic) bond motifs is 2. The summed E-state index contributed by atoms with van der Waals surface area (Å²) < 4.78 is 0. The molecule has 2 aromatic carbocycles. The van der Waals surface area contributed by atoms with Crippen molar-refractivity contribution in [3.63, 3.8) is 0 Å². The first-order valence-electron chi connectivity index (χ1n) is 9.83. The molecule has 0 bridgehead atoms. The van der Waals surface area contributed by atoms with Crippen molar-refractivity contribution in [1.82, 2.24) is 5.32 Å². The molecule has 27 heavy (non-hydrogen) atoms. The summed E-state index contributed by atoms with van der Waals surface area (Å²) in [7, 11) is 0. The third-order valence-corrected chi connectivity index (χ3v) is 6.80. The first-order chi connectivity index (χ1) is 13.3. The van der Waals surface area contributed by atoms with Crippen LogP contribution in [-0.4, -0.2) is 24.1 Å². The molecule has 0 aliphatic carbocycles. The smallest absolute Gasteiger partial charge is 0.326 e. The summed E-state index contributed by atoms with van der Waals surface area (Å²) in [5, 5.41) is 3.11. The van der Waals surface area contributed by atoms with Gasteiger partial charge in [-0.05, 0) is 48.6 Å². The van der Waals surface area contributed by atoms with Crippen molar-refractivity contribution in [2.75, 3.05) is 23.0 Å². The third-order valence-electron chi connectivity index (χ3n) is 4.52. The molecular weight excluding hydrogens is 372 g/mol. The number of nitrogens with one attached hydrogen (secondary N) is 1. The number of anilines is 2. The molecule has 0 atom stereocenters. The molecule has 5 heteroatoms. The normalized spacial score (nSPS) is 12.4. The molecule has 0 saturated heterocycles. The molecule has 1 aliphatic rings. The van der Waals surface area contributed by atoms with Gasteiger partial charge in [-0.2, -0.15) is 11.8 Å². The van der Waals surface area contributed by atoms with Crippen molar-refractivity contribution in [3.05, 3.63) is 48.5 Å². The molecule has 0 unspecified atom stereocenters. The monoisotopic (exact) mass is 400 g/mol. The van der Waals surface area contributed by atoms with E-state index in [1.54, 1.807) is 11.8 Å². The zero-order chi connectivity index (χ0) is 18.9. The van der Waals surface area contributed by atoms with Gasteiger partial charge in [0, 0.05) is 16.3 Å². The van der Waals surface area contributed by atoms with Crippen molar-refractivity contribution >= 4 is 40.9 Å². The highest BCUT2D eigenvalue weighted by molar-refractivity contribution is 7.99. The number of carbonyl (C=O) groups excluding carboxylic acids is 1. The molecular formula is C22H28N2OS2. The van der Waals surface area contributed by atoms with Crippen molar-refractivity contribution in [2.24, 2.45) is 0 Å². The van der Waals surface area contributed by atoms with Crippen molar-refractivity contribution in [3.8, 4) is 0 Å². The molecule has 0 saturated carbocycles. The molecule has 1 aliphatic heterocycles. The van der Waals surface area contributed by atoms with Crippen LogP contribution in [0.1, 0.15) is 39.0 Å². The molecule has 0 aromatic heterocycles. The number of nitrogens with zero attached hydrogens (tertiary/aromatic N) is 1. The lowest BCUT2D eigenvalue weighted by Crippen LogP contribution is -2.38. The van der Waals surface area contributed by atoms with Crippen LogP contribution in [0.4, 0.5) is 16.2 Å². The van der Waals surface area contributed by atoms with Crippen LogP contribution < -0.4 is 10.2 Å². The maximum Gasteiger partial charge on any atom is 0.326 e. The summed E-state index contributed by atoms with van der Waals surface area (Å²) in [6.07, 6.45) is 6.29. The van der Waals surface area contributed by atoms with Crippen LogP contribution >= 0.6 is 23.5 Å². The highest BCUT2D eigenvalue weighted by atomic mass is 32.2. The summed E-state index contributed by atoms with van der Waals surface area (Å²) in [6.45, 7) is 2.96. The lowest BCUT2D eigenvalue weighted by Gasteiger charge is -2.31. The van der Waals surface area contributed by atoms with Crippen LogP contribution in [-0.2, 0) is 0 Å². The number of carbonyl (C=O) groups is 1. The lowest BCUT2D eigenvalue weighted by atomic mass is 10.2. The molecule has 0 radical (unpaired) electrons. The molecule has 0 spiro atoms. The Labute approximate surface area is 171 Å². The van der Waals surface area contributed by atoms with Gasteiger partial charge >= 0.3 is 6.03 Å². The van der Waals surface area contributed by atoms with Crippen molar-refractivity contribution in [2.45, 2.75) is 48.8 Å². The molecule has 2 amide bonds. The number of thioether (sulfide) groups is 1. The van der Waals surface area contributed by atoms with E-state index in [1.165, 1.54) is 31.4 Å². The lowest BCUT2D eigenvalue weighted by molar-refractivity contribution is 0.248. The zero-order valence-electron chi connectivity index (χ0n) is 15.9. The van der Waals surface area contributed by atoms with Crippen LogP contribution in [0.25, 0.3) is 0 Å². The van der Waals surface area contributed by atoms with Gasteiger partial charge in [-0.25, -0.2) is 4.79 Å². The van der Waals surface area contributed by atoms with Gasteiger partial charge in [0.1, 0.15) is 0 Å². The van der Waals surface area contributed by atoms with Gasteiger partial charge in [0.25, 0.3) is 0 Å². The molecule has 0 fully saturated rings. The maximum absolute atomic E-state index is 12.9. The topological polar surface area (TPSA) is 32.3 Å². The number of rotatable bonds is 9. The van der Waals surface area contributed by atoms with Gasteiger partial charge in [-0.3, -0.25) is 4.90 Å². The van der Waals surface area contributed by atoms with E-state index >= 15 is 0 Å². The molecule has 144 valence electrons. The molecule has 3 nitrogen and oxygen atoms in total. The van der Waals surface area contributed by atoms with Crippen LogP contribution in [0.2, 0.25) is 0 Å². The van der Waals surface area contributed by atoms with E-state index in [9.17, 15) is 4.79 Å². The Bertz CT molecular complexity index is 705. The minimum Gasteiger partial charge on any atom is -0.337 e. The predicted molar refractivity (Wildman–Crippen MR) is 119 cm³/mol. The van der Waals surface area contributed by atoms with Crippen LogP contribution in [0, 0.1) is 0 Å². The van der Waals surface area contributed by atoms with Gasteiger partial charge in [0.05, 0.1) is 11.4 Å². The van der Waals surface area contributed by atoms with Gasteiger partial charge in [-0.1, -0.05) is 62.2 Å². The molecule has 1 N–H and O–H groups in total. The van der Waals surface area contributed by atoms with Crippen molar-refractivity contribution < 1.29 is 4.79 Å². The fourth-order valence-electron chi connectivity index (χ4n) is 3.11. The van der Waals surface area contributed by atoms with Gasteiger partial charge in [0.15, 0.2) is 0 Å². The van der Waals surface area contributed by atoms with E-state index in [-0.39, 0.29) is 6.03 Å². The Balaban J connectivity index is 1.51. The summed E-state index contributed by atoms with van der Waals surface area (Å²) in [4.78, 5) is 17.0. The van der Waals surface area contributed by atoms with Gasteiger partial charge in [0.2, 0.25) is 0 Å². The number of urea groups is 1. The Morgan fingerprint density at radius 1 is 0.926 bits per heavy atom. The maximum atomic E-state index is 12.9. The highest BCUT2D eigenvalue weighted by Gasteiger charge is 2.27. The zero-order valence-corrected chi connectivity index (χ0v) is 17.6. The van der Waals surface area contributed by atoms with Crippen LogP contribution in [0.3, 0.4) is 0 Å². The Hall–Kier alpha value is -1.59. The standard InChI is InChI=1S/C22H28N2OS2/c1-2-3-4-9-16-26-17-10-15-23-22(25)24-18-11-5-7-13-20(18)27-21-14-8-6-12-19(21)24/h5-8,11-14H,2-4,9-10,15-17H2,1H3,(H,23,25).